The van der Waals surface area contributed by atoms with Crippen LogP contribution in [0.1, 0.15) is 37.9 Å². The molecule has 4 rings (SSSR count). The van der Waals surface area contributed by atoms with Crippen molar-refractivity contribution >= 4 is 22.5 Å². The van der Waals surface area contributed by atoms with Gasteiger partial charge in [-0.3, -0.25) is 0 Å². The van der Waals surface area contributed by atoms with E-state index in [0.717, 1.165) is 41.4 Å². The Morgan fingerprint density at radius 3 is 2.73 bits per heavy atom. The molecular weight excluding hydrogens is 292 g/mol. The number of rotatable bonds is 4. The Bertz CT molecular complexity index is 702. The lowest BCUT2D eigenvalue weighted by molar-refractivity contribution is 0.387. The third-order valence-electron chi connectivity index (χ3n) is 6.26. The fourth-order valence-corrected chi connectivity index (χ4v) is 5.07. The summed E-state index contributed by atoms with van der Waals surface area (Å²) in [5.41, 5.74) is 4.40. The highest BCUT2D eigenvalue weighted by molar-refractivity contribution is 6.35. The normalized spacial score (nSPS) is 29.0. The first kappa shape index (κ1) is 14.6. The summed E-state index contributed by atoms with van der Waals surface area (Å²) in [6.07, 6.45) is 3.78. The number of nitrogens with one attached hydrogen (secondary N) is 2. The molecule has 0 bridgehead atoms. The van der Waals surface area contributed by atoms with Crippen molar-refractivity contribution in [1.82, 2.24) is 10.3 Å². The molecule has 2 nitrogen and oxygen atoms in total. The van der Waals surface area contributed by atoms with E-state index >= 15 is 0 Å². The summed E-state index contributed by atoms with van der Waals surface area (Å²) in [5.74, 6) is 1.93. The second kappa shape index (κ2) is 5.01. The van der Waals surface area contributed by atoms with Crippen molar-refractivity contribution in [3.8, 4) is 0 Å². The highest BCUT2D eigenvalue weighted by atomic mass is 35.5. The average molecular weight is 317 g/mol. The standard InChI is InChI=1S/C19H25ClN2/c1-11-13(18-16(20)5-4-6-17(18)22-11)7-8-21-12-9-14-15(10-12)19(14,2)3/h4-6,12,14-15,21-22H,7-10H2,1-3H3/t12-,14+,15-. The first-order valence-electron chi connectivity index (χ1n) is 8.47. The van der Waals surface area contributed by atoms with Crippen LogP contribution < -0.4 is 5.32 Å². The van der Waals surface area contributed by atoms with Crippen molar-refractivity contribution in [2.75, 3.05) is 6.54 Å². The van der Waals surface area contributed by atoms with Gasteiger partial charge in [-0.1, -0.05) is 31.5 Å². The molecule has 2 aliphatic rings. The molecule has 3 heteroatoms. The van der Waals surface area contributed by atoms with Crippen molar-refractivity contribution < 1.29 is 0 Å². The molecule has 0 spiro atoms. The molecular formula is C19H25ClN2. The van der Waals surface area contributed by atoms with Gasteiger partial charge in [0.2, 0.25) is 0 Å². The van der Waals surface area contributed by atoms with Gasteiger partial charge in [-0.05, 0) is 67.7 Å². The summed E-state index contributed by atoms with van der Waals surface area (Å²) in [6, 6.07) is 6.83. The maximum absolute atomic E-state index is 6.40. The number of hydrogen-bond acceptors (Lipinski definition) is 1. The van der Waals surface area contributed by atoms with E-state index in [1.807, 2.05) is 12.1 Å². The molecule has 2 fully saturated rings. The second-order valence-corrected chi connectivity index (χ2v) is 8.20. The van der Waals surface area contributed by atoms with Crippen LogP contribution >= 0.6 is 11.6 Å². The topological polar surface area (TPSA) is 27.8 Å². The summed E-state index contributed by atoms with van der Waals surface area (Å²) < 4.78 is 0. The van der Waals surface area contributed by atoms with Crippen LogP contribution in [0.3, 0.4) is 0 Å². The van der Waals surface area contributed by atoms with E-state index in [2.05, 4.69) is 37.1 Å². The van der Waals surface area contributed by atoms with E-state index < -0.39 is 0 Å². The lowest BCUT2D eigenvalue weighted by Crippen LogP contribution is -2.31. The molecule has 1 aromatic carbocycles. The fraction of sp³-hybridized carbons (Fsp3) is 0.579. The van der Waals surface area contributed by atoms with Gasteiger partial charge in [0.1, 0.15) is 0 Å². The summed E-state index contributed by atoms with van der Waals surface area (Å²) in [6.45, 7) is 8.05. The highest BCUT2D eigenvalue weighted by Gasteiger charge is 2.61. The number of hydrogen-bond donors (Lipinski definition) is 2. The quantitative estimate of drug-likeness (QED) is 0.841. The molecule has 118 valence electrons. The zero-order valence-corrected chi connectivity index (χ0v) is 14.4. The van der Waals surface area contributed by atoms with Gasteiger partial charge in [0.05, 0.1) is 5.02 Å². The van der Waals surface area contributed by atoms with E-state index in [-0.39, 0.29) is 0 Å². The maximum atomic E-state index is 6.40. The molecule has 0 radical (unpaired) electrons. The van der Waals surface area contributed by atoms with E-state index in [0.29, 0.717) is 5.41 Å². The second-order valence-electron chi connectivity index (χ2n) is 7.80. The molecule has 0 amide bonds. The third kappa shape index (κ3) is 2.19. The zero-order chi connectivity index (χ0) is 15.5. The van der Waals surface area contributed by atoms with E-state index in [4.69, 9.17) is 11.6 Å². The van der Waals surface area contributed by atoms with E-state index in [1.165, 1.54) is 29.5 Å². The molecule has 2 aromatic rings. The molecule has 3 atom stereocenters. The Labute approximate surface area is 137 Å². The van der Waals surface area contributed by atoms with Crippen LogP contribution in [0.25, 0.3) is 10.9 Å². The van der Waals surface area contributed by atoms with Gasteiger partial charge in [0.15, 0.2) is 0 Å². The van der Waals surface area contributed by atoms with E-state index in [1.54, 1.807) is 0 Å². The molecule has 0 aliphatic heterocycles. The largest absolute Gasteiger partial charge is 0.358 e. The van der Waals surface area contributed by atoms with Crippen molar-refractivity contribution in [3.63, 3.8) is 0 Å². The van der Waals surface area contributed by atoms with Gasteiger partial charge in [-0.2, -0.15) is 0 Å². The van der Waals surface area contributed by atoms with Gasteiger partial charge in [-0.25, -0.2) is 0 Å². The van der Waals surface area contributed by atoms with Crippen LogP contribution in [0, 0.1) is 24.2 Å². The smallest absolute Gasteiger partial charge is 0.0502 e. The Kier molecular flexibility index (Phi) is 3.32. The highest BCUT2D eigenvalue weighted by Crippen LogP contribution is 2.66. The predicted molar refractivity (Wildman–Crippen MR) is 93.5 cm³/mol. The summed E-state index contributed by atoms with van der Waals surface area (Å²) >= 11 is 6.40. The SMILES string of the molecule is Cc1[nH]c2cccc(Cl)c2c1CCN[C@H]1C[C@@H]2[C@H](C1)C2(C)C. The van der Waals surface area contributed by atoms with Crippen molar-refractivity contribution in [2.24, 2.45) is 17.3 Å². The number of benzene rings is 1. The molecule has 1 heterocycles. The van der Waals surface area contributed by atoms with Crippen molar-refractivity contribution in [1.29, 1.82) is 0 Å². The number of aromatic amines is 1. The van der Waals surface area contributed by atoms with Crippen LogP contribution in [0.15, 0.2) is 18.2 Å². The lowest BCUT2D eigenvalue weighted by Gasteiger charge is -2.18. The number of fused-ring (bicyclic) bond motifs is 2. The Balaban J connectivity index is 1.40. The number of aromatic nitrogens is 1. The minimum atomic E-state index is 0.624. The summed E-state index contributed by atoms with van der Waals surface area (Å²) in [5, 5.41) is 5.84. The molecule has 0 saturated heterocycles. The summed E-state index contributed by atoms with van der Waals surface area (Å²) in [7, 11) is 0. The minimum absolute atomic E-state index is 0.624. The third-order valence-corrected chi connectivity index (χ3v) is 6.58. The average Bonchev–Trinajstić information content (AvgIpc) is 2.86. The monoisotopic (exact) mass is 316 g/mol. The van der Waals surface area contributed by atoms with Crippen LogP contribution in [-0.4, -0.2) is 17.6 Å². The van der Waals surface area contributed by atoms with Crippen LogP contribution in [0.2, 0.25) is 5.02 Å². The first-order chi connectivity index (χ1) is 10.5. The summed E-state index contributed by atoms with van der Waals surface area (Å²) in [4.78, 5) is 3.46. The Hall–Kier alpha value is -0.990. The van der Waals surface area contributed by atoms with Gasteiger partial charge >= 0.3 is 0 Å². The number of halogens is 1. The molecule has 2 aliphatic carbocycles. The molecule has 2 N–H and O–H groups in total. The van der Waals surface area contributed by atoms with Gasteiger partial charge in [0.25, 0.3) is 0 Å². The van der Waals surface area contributed by atoms with Crippen LogP contribution in [0.5, 0.6) is 0 Å². The van der Waals surface area contributed by atoms with Crippen LogP contribution in [-0.2, 0) is 6.42 Å². The first-order valence-corrected chi connectivity index (χ1v) is 8.85. The number of H-pyrrole nitrogens is 1. The Morgan fingerprint density at radius 1 is 1.27 bits per heavy atom. The van der Waals surface area contributed by atoms with Gasteiger partial charge in [0, 0.05) is 22.6 Å². The molecule has 2 saturated carbocycles. The molecule has 22 heavy (non-hydrogen) atoms. The molecule has 1 aromatic heterocycles. The predicted octanol–water partition coefficient (Wildman–Crippen LogP) is 4.70. The van der Waals surface area contributed by atoms with Crippen molar-refractivity contribution in [3.05, 3.63) is 34.5 Å². The van der Waals surface area contributed by atoms with Gasteiger partial charge in [-0.15, -0.1) is 0 Å². The molecule has 0 unspecified atom stereocenters. The fourth-order valence-electron chi connectivity index (χ4n) is 4.78. The minimum Gasteiger partial charge on any atom is -0.358 e. The van der Waals surface area contributed by atoms with Crippen molar-refractivity contribution in [2.45, 2.75) is 46.1 Å². The maximum Gasteiger partial charge on any atom is 0.0502 e. The zero-order valence-electron chi connectivity index (χ0n) is 13.7. The van der Waals surface area contributed by atoms with Crippen LogP contribution in [0.4, 0.5) is 0 Å². The Morgan fingerprint density at radius 2 is 2.00 bits per heavy atom. The van der Waals surface area contributed by atoms with Gasteiger partial charge < -0.3 is 10.3 Å². The lowest BCUT2D eigenvalue weighted by atomic mass is 9.97. The number of aryl methyl sites for hydroxylation is 1. The van der Waals surface area contributed by atoms with E-state index in [9.17, 15) is 0 Å².